The number of rotatable bonds is 1. The minimum absolute atomic E-state index is 0.0675. The molecule has 4 aliphatic carbocycles. The molecule has 0 aromatic rings. The Hall–Kier alpha value is -1.78. The number of hydrogen-bond donors (Lipinski definition) is 0. The fourth-order valence-electron chi connectivity index (χ4n) is 8.03. The predicted molar refractivity (Wildman–Crippen MR) is 103 cm³/mol. The SMILES string of the molecule is COC(=O)[C@]12C(=O)CCC[C@H]1CC1(OCCO1)[C@H]1[C@@H]2CC[C@@H]2C(=O)CCC[C@]21C#N. The third-order valence-electron chi connectivity index (χ3n) is 8.91. The van der Waals surface area contributed by atoms with Crippen molar-refractivity contribution in [1.82, 2.24) is 0 Å². The van der Waals surface area contributed by atoms with Crippen molar-refractivity contribution >= 4 is 17.5 Å². The minimum atomic E-state index is -1.26. The molecule has 30 heavy (non-hydrogen) atoms. The van der Waals surface area contributed by atoms with E-state index in [1.54, 1.807) is 0 Å². The number of carbonyl (C=O) groups is 3. The lowest BCUT2D eigenvalue weighted by atomic mass is 9.39. The zero-order chi connectivity index (χ0) is 21.1. The molecule has 6 atom stereocenters. The molecular formula is C23H29NO6. The fraction of sp³-hybridized carbons (Fsp3) is 0.826. The first-order valence-electron chi connectivity index (χ1n) is 11.3. The van der Waals surface area contributed by atoms with E-state index in [0.717, 1.165) is 12.8 Å². The Kier molecular flexibility index (Phi) is 4.61. The highest BCUT2D eigenvalue weighted by Crippen LogP contribution is 2.69. The van der Waals surface area contributed by atoms with E-state index >= 15 is 0 Å². The summed E-state index contributed by atoms with van der Waals surface area (Å²) in [5, 5.41) is 10.5. The van der Waals surface area contributed by atoms with Crippen LogP contribution in [0.15, 0.2) is 0 Å². The molecule has 4 saturated carbocycles. The van der Waals surface area contributed by atoms with Crippen LogP contribution < -0.4 is 0 Å². The molecule has 5 rings (SSSR count). The summed E-state index contributed by atoms with van der Waals surface area (Å²) in [5.41, 5.74) is -2.22. The van der Waals surface area contributed by atoms with Crippen molar-refractivity contribution in [1.29, 1.82) is 5.26 Å². The Morgan fingerprint density at radius 3 is 2.60 bits per heavy atom. The highest BCUT2D eigenvalue weighted by molar-refractivity contribution is 6.05. The number of fused-ring (bicyclic) bond motifs is 6. The maximum Gasteiger partial charge on any atom is 0.319 e. The normalized spacial score (nSPS) is 44.5. The third kappa shape index (κ3) is 2.30. The first-order valence-corrected chi connectivity index (χ1v) is 11.3. The van der Waals surface area contributed by atoms with Crippen LogP contribution in [0.3, 0.4) is 0 Å². The number of Topliss-reactive ketones (excluding diaryl/α,β-unsaturated/α-hetero) is 2. The van der Waals surface area contributed by atoms with E-state index in [1.807, 2.05) is 0 Å². The lowest BCUT2D eigenvalue weighted by Crippen LogP contribution is -2.71. The summed E-state index contributed by atoms with van der Waals surface area (Å²) >= 11 is 0. The summed E-state index contributed by atoms with van der Waals surface area (Å²) in [6.07, 6.45) is 5.00. The Morgan fingerprint density at radius 1 is 1.13 bits per heavy atom. The molecule has 5 aliphatic rings. The monoisotopic (exact) mass is 415 g/mol. The number of carbonyl (C=O) groups excluding carboxylic acids is 3. The van der Waals surface area contributed by atoms with Crippen molar-refractivity contribution in [3.63, 3.8) is 0 Å². The highest BCUT2D eigenvalue weighted by Gasteiger charge is 2.75. The molecule has 7 heteroatoms. The van der Waals surface area contributed by atoms with Crippen LogP contribution >= 0.6 is 0 Å². The first-order chi connectivity index (χ1) is 14.5. The molecule has 0 aromatic heterocycles. The Morgan fingerprint density at radius 2 is 1.90 bits per heavy atom. The predicted octanol–water partition coefficient (Wildman–Crippen LogP) is 2.57. The molecule has 1 aliphatic heterocycles. The molecule has 162 valence electrons. The number of nitriles is 1. The number of esters is 1. The van der Waals surface area contributed by atoms with Gasteiger partial charge in [0.2, 0.25) is 0 Å². The van der Waals surface area contributed by atoms with Crippen LogP contribution in [0.5, 0.6) is 0 Å². The minimum Gasteiger partial charge on any atom is -0.468 e. The summed E-state index contributed by atoms with van der Waals surface area (Å²) in [5.74, 6) is -2.93. The summed E-state index contributed by atoms with van der Waals surface area (Å²) in [6.45, 7) is 0.852. The van der Waals surface area contributed by atoms with Crippen molar-refractivity contribution in [2.24, 2.45) is 34.5 Å². The van der Waals surface area contributed by atoms with Gasteiger partial charge in [0.05, 0.1) is 31.8 Å². The van der Waals surface area contributed by atoms with Gasteiger partial charge in [-0.25, -0.2) is 0 Å². The smallest absolute Gasteiger partial charge is 0.319 e. The van der Waals surface area contributed by atoms with Gasteiger partial charge in [-0.15, -0.1) is 0 Å². The van der Waals surface area contributed by atoms with Crippen molar-refractivity contribution in [2.75, 3.05) is 20.3 Å². The number of hydrogen-bond acceptors (Lipinski definition) is 7. The molecule has 1 spiro atoms. The van der Waals surface area contributed by atoms with Gasteiger partial charge in [0.25, 0.3) is 0 Å². The molecule has 0 N–H and O–H groups in total. The number of nitrogens with zero attached hydrogens (tertiary/aromatic N) is 1. The molecule has 0 amide bonds. The quantitative estimate of drug-likeness (QED) is 0.479. The van der Waals surface area contributed by atoms with Crippen molar-refractivity contribution in [3.05, 3.63) is 0 Å². The average molecular weight is 415 g/mol. The van der Waals surface area contributed by atoms with Gasteiger partial charge in [-0.1, -0.05) is 0 Å². The maximum atomic E-state index is 13.5. The zero-order valence-electron chi connectivity index (χ0n) is 17.5. The Labute approximate surface area is 176 Å². The zero-order valence-corrected chi connectivity index (χ0v) is 17.5. The largest absolute Gasteiger partial charge is 0.468 e. The molecule has 0 bridgehead atoms. The second-order valence-electron chi connectivity index (χ2n) is 9.77. The van der Waals surface area contributed by atoms with Crippen LogP contribution in [0.2, 0.25) is 0 Å². The lowest BCUT2D eigenvalue weighted by molar-refractivity contribution is -0.297. The Balaban J connectivity index is 1.73. The van der Waals surface area contributed by atoms with Gasteiger partial charge in [-0.3, -0.25) is 14.4 Å². The van der Waals surface area contributed by atoms with E-state index in [0.29, 0.717) is 58.2 Å². The van der Waals surface area contributed by atoms with Crippen LogP contribution in [0.1, 0.15) is 57.8 Å². The van der Waals surface area contributed by atoms with Crippen LogP contribution in [0, 0.1) is 45.8 Å². The van der Waals surface area contributed by atoms with Crippen molar-refractivity contribution in [3.8, 4) is 6.07 Å². The Bertz CT molecular complexity index is 816. The van der Waals surface area contributed by atoms with Crippen LogP contribution in [0.25, 0.3) is 0 Å². The van der Waals surface area contributed by atoms with E-state index in [2.05, 4.69) is 6.07 Å². The van der Waals surface area contributed by atoms with Crippen LogP contribution in [0.4, 0.5) is 0 Å². The molecule has 1 heterocycles. The molecule has 7 nitrogen and oxygen atoms in total. The number of ether oxygens (including phenoxy) is 3. The fourth-order valence-corrected chi connectivity index (χ4v) is 8.03. The second-order valence-corrected chi connectivity index (χ2v) is 9.77. The standard InChI is InChI=1S/C23H29NO6/c1-28-20(27)23-14(4-2-6-18(23)26)12-22(29-10-11-30-22)19-16(23)8-7-15-17(25)5-3-9-21(15,19)13-24/h14-16,19H,2-12H2,1H3/t14-,15+,16-,19-,21-,23+/m0/s1. The van der Waals surface area contributed by atoms with Gasteiger partial charge in [0.15, 0.2) is 11.6 Å². The van der Waals surface area contributed by atoms with Gasteiger partial charge in [-0.2, -0.15) is 5.26 Å². The highest BCUT2D eigenvalue weighted by atomic mass is 16.7. The van der Waals surface area contributed by atoms with Gasteiger partial charge < -0.3 is 14.2 Å². The first kappa shape index (κ1) is 20.1. The van der Waals surface area contributed by atoms with Gasteiger partial charge >= 0.3 is 5.97 Å². The summed E-state index contributed by atoms with van der Waals surface area (Å²) < 4.78 is 17.8. The maximum absolute atomic E-state index is 13.5. The average Bonchev–Trinajstić information content (AvgIpc) is 3.21. The summed E-state index contributed by atoms with van der Waals surface area (Å²) in [6, 6.07) is 2.54. The summed E-state index contributed by atoms with van der Waals surface area (Å²) in [7, 11) is 1.34. The number of methoxy groups -OCH3 is 1. The molecule has 0 radical (unpaired) electrons. The lowest BCUT2D eigenvalue weighted by Gasteiger charge is -2.64. The third-order valence-corrected chi connectivity index (χ3v) is 8.91. The van der Waals surface area contributed by atoms with Crippen LogP contribution in [-0.2, 0) is 28.6 Å². The van der Waals surface area contributed by atoms with Gasteiger partial charge in [-0.05, 0) is 50.4 Å². The van der Waals surface area contributed by atoms with E-state index < -0.39 is 34.4 Å². The van der Waals surface area contributed by atoms with E-state index in [9.17, 15) is 19.6 Å². The molecule has 0 unspecified atom stereocenters. The van der Waals surface area contributed by atoms with Crippen LogP contribution in [-0.4, -0.2) is 43.6 Å². The molecular weight excluding hydrogens is 386 g/mol. The molecule has 0 aromatic carbocycles. The van der Waals surface area contributed by atoms with E-state index in [4.69, 9.17) is 14.2 Å². The molecule has 1 saturated heterocycles. The number of ketones is 2. The van der Waals surface area contributed by atoms with Crippen molar-refractivity contribution < 1.29 is 28.6 Å². The summed E-state index contributed by atoms with van der Waals surface area (Å²) in [4.78, 5) is 39.7. The topological polar surface area (TPSA) is 103 Å². The van der Waals surface area contributed by atoms with E-state index in [-0.39, 0.29) is 23.4 Å². The van der Waals surface area contributed by atoms with Gasteiger partial charge in [0, 0.05) is 31.1 Å². The molecule has 5 fully saturated rings. The second kappa shape index (κ2) is 6.86. The van der Waals surface area contributed by atoms with E-state index in [1.165, 1.54) is 7.11 Å². The van der Waals surface area contributed by atoms with Crippen molar-refractivity contribution in [2.45, 2.75) is 63.6 Å². The van der Waals surface area contributed by atoms with Gasteiger partial charge in [0.1, 0.15) is 11.2 Å².